The average molecular weight is 575 g/mol. The van der Waals surface area contributed by atoms with Crippen molar-refractivity contribution in [3.63, 3.8) is 0 Å². The van der Waals surface area contributed by atoms with Gasteiger partial charge in [0.1, 0.15) is 12.4 Å². The van der Waals surface area contributed by atoms with Crippen molar-refractivity contribution < 1.29 is 18.8 Å². The van der Waals surface area contributed by atoms with Crippen LogP contribution in [0.1, 0.15) is 11.1 Å². The summed E-state index contributed by atoms with van der Waals surface area (Å²) in [5.74, 6) is 0.861. The Balaban J connectivity index is 0.00000408. The molecule has 0 aliphatic carbocycles. The Morgan fingerprint density at radius 3 is 2.47 bits per heavy atom. The van der Waals surface area contributed by atoms with Gasteiger partial charge in [-0.25, -0.2) is 4.39 Å². The van der Waals surface area contributed by atoms with Crippen LogP contribution < -0.4 is 20.1 Å². The normalized spacial score (nSPS) is 10.4. The van der Waals surface area contributed by atoms with E-state index in [9.17, 15) is 14.5 Å². The van der Waals surface area contributed by atoms with E-state index in [4.69, 9.17) is 21.1 Å². The van der Waals surface area contributed by atoms with E-state index in [1.165, 1.54) is 24.3 Å². The van der Waals surface area contributed by atoms with Crippen LogP contribution in [0.3, 0.4) is 0 Å². The minimum absolute atomic E-state index is 0. The number of benzene rings is 3. The summed E-state index contributed by atoms with van der Waals surface area (Å²) in [6.07, 6.45) is 0. The van der Waals surface area contributed by atoms with Crippen LogP contribution in [0.5, 0.6) is 11.5 Å². The second-order valence-corrected chi connectivity index (χ2v) is 8.31. The van der Waals surface area contributed by atoms with E-state index in [-0.39, 0.29) is 30.5 Å². The predicted octanol–water partition coefficient (Wildman–Crippen LogP) is 6.36. The van der Waals surface area contributed by atoms with Gasteiger partial charge in [0.2, 0.25) is 0 Å². The molecule has 0 spiro atoms. The lowest BCUT2D eigenvalue weighted by molar-refractivity contribution is -0.384. The molecule has 0 saturated heterocycles. The van der Waals surface area contributed by atoms with E-state index in [1.54, 1.807) is 25.3 Å². The molecule has 0 amide bonds. The Morgan fingerprint density at radius 1 is 1.09 bits per heavy atom. The molecule has 0 aromatic heterocycles. The smallest absolute Gasteiger partial charge is 0.271 e. The van der Waals surface area contributed by atoms with Gasteiger partial charge in [0.25, 0.3) is 5.69 Å². The fourth-order valence-electron chi connectivity index (χ4n) is 3.03. The second kappa shape index (κ2) is 13.3. The molecule has 3 rings (SSSR count). The quantitative estimate of drug-likeness (QED) is 0.157. The summed E-state index contributed by atoms with van der Waals surface area (Å²) in [5.41, 5.74) is 2.42. The summed E-state index contributed by atoms with van der Waals surface area (Å²) in [5, 5.41) is 17.6. The van der Waals surface area contributed by atoms with E-state index in [1.807, 2.05) is 12.1 Å². The monoisotopic (exact) mass is 573 g/mol. The van der Waals surface area contributed by atoms with Crippen LogP contribution in [-0.4, -0.2) is 25.1 Å². The third-order valence-corrected chi connectivity index (χ3v) is 5.60. The van der Waals surface area contributed by atoms with E-state index < -0.39 is 4.92 Å². The Morgan fingerprint density at radius 2 is 1.82 bits per heavy atom. The maximum atomic E-state index is 13.1. The molecule has 0 atom stereocenters. The molecule has 11 heteroatoms. The first-order chi connectivity index (χ1) is 15.9. The van der Waals surface area contributed by atoms with Crippen molar-refractivity contribution in [2.75, 3.05) is 25.5 Å². The molecule has 3 aromatic carbocycles. The third kappa shape index (κ3) is 7.73. The fraction of sp³-hybridized carbons (Fsp3) is 0.217. The minimum Gasteiger partial charge on any atom is -0.493 e. The molecule has 0 saturated carbocycles. The SMILES string of the molecule is COc1cc(CNCCNc2ccc([N+](=O)[O-])cc2Cl)cc(Br)c1OCc1ccc(F)cc1.Cl. The molecular weight excluding hydrogens is 552 g/mol. The molecule has 0 aliphatic heterocycles. The maximum Gasteiger partial charge on any atom is 0.271 e. The number of nitrogens with zero attached hydrogens (tertiary/aromatic N) is 1. The van der Waals surface area contributed by atoms with Gasteiger partial charge in [-0.2, -0.15) is 0 Å². The van der Waals surface area contributed by atoms with Crippen LogP contribution in [0.2, 0.25) is 5.02 Å². The second-order valence-electron chi connectivity index (χ2n) is 7.05. The summed E-state index contributed by atoms with van der Waals surface area (Å²) < 4.78 is 25.2. The van der Waals surface area contributed by atoms with Crippen molar-refractivity contribution >= 4 is 51.3 Å². The van der Waals surface area contributed by atoms with E-state index in [2.05, 4.69) is 26.6 Å². The Bertz CT molecular complexity index is 1120. The number of rotatable bonds is 11. The van der Waals surface area contributed by atoms with Crippen molar-refractivity contribution in [3.05, 3.63) is 91.2 Å². The highest BCUT2D eigenvalue weighted by atomic mass is 79.9. The number of hydrogen-bond donors (Lipinski definition) is 2. The number of methoxy groups -OCH3 is 1. The first-order valence-corrected chi connectivity index (χ1v) is 11.2. The molecule has 0 heterocycles. The highest BCUT2D eigenvalue weighted by Crippen LogP contribution is 2.37. The van der Waals surface area contributed by atoms with E-state index in [0.717, 1.165) is 15.6 Å². The van der Waals surface area contributed by atoms with Crippen molar-refractivity contribution in [1.82, 2.24) is 5.32 Å². The van der Waals surface area contributed by atoms with Gasteiger partial charge >= 0.3 is 0 Å². The number of nitro groups is 1. The Hall–Kier alpha value is -2.59. The molecule has 7 nitrogen and oxygen atoms in total. The molecule has 2 N–H and O–H groups in total. The molecule has 3 aromatic rings. The highest BCUT2D eigenvalue weighted by Gasteiger charge is 2.13. The summed E-state index contributed by atoms with van der Waals surface area (Å²) in [6.45, 7) is 2.08. The van der Waals surface area contributed by atoms with Gasteiger partial charge < -0.3 is 20.1 Å². The van der Waals surface area contributed by atoms with Crippen LogP contribution in [0.25, 0.3) is 0 Å². The third-order valence-electron chi connectivity index (χ3n) is 4.70. The van der Waals surface area contributed by atoms with Crippen LogP contribution in [0, 0.1) is 15.9 Å². The predicted molar refractivity (Wildman–Crippen MR) is 137 cm³/mol. The molecule has 0 aliphatic rings. The summed E-state index contributed by atoms with van der Waals surface area (Å²) >= 11 is 9.62. The van der Waals surface area contributed by atoms with Crippen molar-refractivity contribution in [3.8, 4) is 11.5 Å². The number of nitrogens with one attached hydrogen (secondary N) is 2. The van der Waals surface area contributed by atoms with Gasteiger partial charge in [-0.3, -0.25) is 10.1 Å². The van der Waals surface area contributed by atoms with Crippen molar-refractivity contribution in [1.29, 1.82) is 0 Å². The number of non-ortho nitro benzene ring substituents is 1. The minimum atomic E-state index is -0.483. The number of hydrogen-bond acceptors (Lipinski definition) is 6. The molecule has 0 radical (unpaired) electrons. The van der Waals surface area contributed by atoms with Crippen LogP contribution in [0.4, 0.5) is 15.8 Å². The molecule has 34 heavy (non-hydrogen) atoms. The van der Waals surface area contributed by atoms with Crippen molar-refractivity contribution in [2.45, 2.75) is 13.2 Å². The van der Waals surface area contributed by atoms with Gasteiger partial charge in [0.05, 0.1) is 27.2 Å². The molecule has 0 unspecified atom stereocenters. The van der Waals surface area contributed by atoms with Crippen LogP contribution >= 0.6 is 39.9 Å². The zero-order chi connectivity index (χ0) is 23.8. The Labute approximate surface area is 216 Å². The molecular formula is C23H23BrCl2FN3O4. The van der Waals surface area contributed by atoms with Gasteiger partial charge in [-0.1, -0.05) is 23.7 Å². The summed E-state index contributed by atoms with van der Waals surface area (Å²) in [7, 11) is 1.57. The first-order valence-electron chi connectivity index (χ1n) is 9.99. The van der Waals surface area contributed by atoms with Gasteiger partial charge in [0, 0.05) is 31.8 Å². The van der Waals surface area contributed by atoms with Crippen LogP contribution in [0.15, 0.2) is 59.1 Å². The fourth-order valence-corrected chi connectivity index (χ4v) is 3.88. The van der Waals surface area contributed by atoms with Gasteiger partial charge in [0.15, 0.2) is 11.5 Å². The molecule has 182 valence electrons. The lowest BCUT2D eigenvalue weighted by atomic mass is 10.2. The largest absolute Gasteiger partial charge is 0.493 e. The van der Waals surface area contributed by atoms with Crippen molar-refractivity contribution in [2.24, 2.45) is 0 Å². The zero-order valence-electron chi connectivity index (χ0n) is 18.1. The van der Waals surface area contributed by atoms with Gasteiger partial charge in [-0.05, 0) is 57.4 Å². The lowest BCUT2D eigenvalue weighted by Gasteiger charge is -2.15. The number of ether oxygens (including phenoxy) is 2. The lowest BCUT2D eigenvalue weighted by Crippen LogP contribution is -2.22. The standard InChI is InChI=1S/C23H22BrClFN3O4.ClH/c1-32-22-11-16(10-19(24)23(22)33-14-15-2-4-17(26)5-3-15)13-27-8-9-28-21-7-6-18(29(30)31)12-20(21)25;/h2-7,10-12,27-28H,8-9,13-14H2,1H3;1H. The first kappa shape index (κ1) is 27.7. The summed E-state index contributed by atoms with van der Waals surface area (Å²) in [6, 6.07) is 14.3. The topological polar surface area (TPSA) is 85.7 Å². The van der Waals surface area contributed by atoms with Crippen LogP contribution in [-0.2, 0) is 13.2 Å². The zero-order valence-corrected chi connectivity index (χ0v) is 21.3. The average Bonchev–Trinajstić information content (AvgIpc) is 2.79. The molecule has 0 bridgehead atoms. The summed E-state index contributed by atoms with van der Waals surface area (Å²) in [4.78, 5) is 10.3. The number of nitro benzene ring substituents is 1. The van der Waals surface area contributed by atoms with Gasteiger partial charge in [-0.15, -0.1) is 12.4 Å². The van der Waals surface area contributed by atoms with E-state index in [0.29, 0.717) is 41.8 Å². The highest BCUT2D eigenvalue weighted by molar-refractivity contribution is 9.10. The maximum absolute atomic E-state index is 13.1. The number of halogens is 4. The van der Waals surface area contributed by atoms with E-state index >= 15 is 0 Å². The molecule has 0 fully saturated rings. The number of anilines is 1. The Kier molecular flexibility index (Phi) is 10.8.